The normalized spacial score (nSPS) is 14.3. The van der Waals surface area contributed by atoms with Gasteiger partial charge < -0.3 is 9.31 Å². The van der Waals surface area contributed by atoms with E-state index in [2.05, 4.69) is 53.7 Å². The molecule has 1 heterocycles. The molecule has 3 rings (SSSR count). The Morgan fingerprint density at radius 2 is 1.09 bits per heavy atom. The van der Waals surface area contributed by atoms with E-state index in [1.165, 1.54) is 11.1 Å². The molecule has 0 radical (unpaired) electrons. The molecule has 0 N–H and O–H groups in total. The molecule has 0 atom stereocenters. The van der Waals surface area contributed by atoms with Crippen molar-refractivity contribution in [2.45, 2.75) is 52.4 Å². The van der Waals surface area contributed by atoms with Crippen LogP contribution in [0.5, 0.6) is 11.5 Å². The Bertz CT molecular complexity index is 666. The molecule has 0 fully saturated rings. The zero-order valence-corrected chi connectivity index (χ0v) is 14.9. The summed E-state index contributed by atoms with van der Waals surface area (Å²) in [4.78, 5) is 0. The van der Waals surface area contributed by atoms with Crippen molar-refractivity contribution >= 4 is 12.6 Å². The van der Waals surface area contributed by atoms with Crippen LogP contribution in [0.15, 0.2) is 42.5 Å². The third-order valence-electron chi connectivity index (χ3n) is 4.25. The lowest BCUT2D eigenvalue weighted by molar-refractivity contribution is 0.498. The van der Waals surface area contributed by atoms with Gasteiger partial charge in [0.25, 0.3) is 0 Å². The molecule has 3 heteroatoms. The Kier molecular flexibility index (Phi) is 3.70. The molecule has 2 aromatic rings. The number of fused-ring (bicyclic) bond motifs is 1. The predicted octanol–water partition coefficient (Wildman–Crippen LogP) is 4.45. The van der Waals surface area contributed by atoms with Gasteiger partial charge in [-0.05, 0) is 10.8 Å². The molecule has 2 nitrogen and oxygen atoms in total. The summed E-state index contributed by atoms with van der Waals surface area (Å²) < 4.78 is 12.5. The van der Waals surface area contributed by atoms with Gasteiger partial charge in [0, 0.05) is 16.6 Å². The molecule has 0 saturated carbocycles. The Morgan fingerprint density at radius 3 is 1.48 bits per heavy atom. The molecule has 0 aromatic heterocycles. The highest BCUT2D eigenvalue weighted by Crippen LogP contribution is 2.47. The van der Waals surface area contributed by atoms with Crippen LogP contribution >= 0.6 is 0 Å². The number of hydrogen-bond donors (Lipinski definition) is 0. The van der Waals surface area contributed by atoms with Gasteiger partial charge in [0.05, 0.1) is 0 Å². The largest absolute Gasteiger partial charge is 0.632 e. The van der Waals surface area contributed by atoms with E-state index >= 15 is 0 Å². The lowest BCUT2D eigenvalue weighted by Crippen LogP contribution is -2.39. The van der Waals surface area contributed by atoms with Gasteiger partial charge in [0.1, 0.15) is 11.5 Å². The van der Waals surface area contributed by atoms with Crippen LogP contribution in [-0.4, -0.2) is 7.12 Å². The van der Waals surface area contributed by atoms with Crippen molar-refractivity contribution in [2.24, 2.45) is 0 Å². The van der Waals surface area contributed by atoms with E-state index in [1.54, 1.807) is 0 Å². The minimum Gasteiger partial charge on any atom is -0.519 e. The van der Waals surface area contributed by atoms with Gasteiger partial charge in [-0.25, -0.2) is 0 Å². The van der Waals surface area contributed by atoms with Crippen molar-refractivity contribution < 1.29 is 9.31 Å². The Hall–Kier alpha value is -1.90. The van der Waals surface area contributed by atoms with E-state index in [4.69, 9.17) is 9.31 Å². The van der Waals surface area contributed by atoms with Crippen LogP contribution in [-0.2, 0) is 10.8 Å². The first-order valence-electron chi connectivity index (χ1n) is 8.24. The fourth-order valence-corrected chi connectivity index (χ4v) is 2.96. The average molecular weight is 308 g/mol. The second kappa shape index (κ2) is 5.33. The first-order chi connectivity index (χ1) is 10.7. The minimum atomic E-state index is -0.365. The molecular formula is C20H25BO2. The van der Waals surface area contributed by atoms with Gasteiger partial charge in [0.2, 0.25) is 0 Å². The Morgan fingerprint density at radius 1 is 0.652 bits per heavy atom. The zero-order chi connectivity index (χ0) is 16.8. The number of hydrogen-bond acceptors (Lipinski definition) is 2. The number of benzene rings is 2. The van der Waals surface area contributed by atoms with Crippen LogP contribution in [0, 0.1) is 0 Å². The molecule has 1 aliphatic heterocycles. The van der Waals surface area contributed by atoms with Crippen LogP contribution in [0.25, 0.3) is 0 Å². The van der Waals surface area contributed by atoms with Gasteiger partial charge in [-0.3, -0.25) is 0 Å². The summed E-state index contributed by atoms with van der Waals surface area (Å²) in [6.45, 7) is 13.2. The van der Waals surface area contributed by atoms with Crippen molar-refractivity contribution in [2.75, 3.05) is 0 Å². The molecule has 120 valence electrons. The SMILES string of the molecule is CC(C)(C)c1ccc(C(C)(C)C)c2c1OB(c1ccccc1)O2. The van der Waals surface area contributed by atoms with Crippen molar-refractivity contribution in [3.8, 4) is 11.5 Å². The van der Waals surface area contributed by atoms with E-state index < -0.39 is 0 Å². The van der Waals surface area contributed by atoms with E-state index in [0.717, 1.165) is 17.0 Å². The summed E-state index contributed by atoms with van der Waals surface area (Å²) in [6.07, 6.45) is 0. The van der Waals surface area contributed by atoms with Crippen LogP contribution in [0.2, 0.25) is 0 Å². The molecular weight excluding hydrogens is 283 g/mol. The van der Waals surface area contributed by atoms with Gasteiger partial charge in [-0.1, -0.05) is 84.0 Å². The molecule has 23 heavy (non-hydrogen) atoms. The van der Waals surface area contributed by atoms with Crippen LogP contribution < -0.4 is 14.8 Å². The Balaban J connectivity index is 2.11. The van der Waals surface area contributed by atoms with Crippen molar-refractivity contribution in [3.05, 3.63) is 53.6 Å². The standard InChI is InChI=1S/C20H25BO2/c1-19(2,3)15-12-13-16(20(4,5)6)18-17(15)22-21(23-18)14-10-8-7-9-11-14/h7-13H,1-6H3. The summed E-state index contributed by atoms with van der Waals surface area (Å²) in [5, 5.41) is 0. The maximum absolute atomic E-state index is 6.26. The lowest BCUT2D eigenvalue weighted by atomic mass is 9.79. The summed E-state index contributed by atoms with van der Waals surface area (Å²) in [6, 6.07) is 14.5. The molecule has 0 aliphatic carbocycles. The summed E-state index contributed by atoms with van der Waals surface area (Å²) in [5.74, 6) is 1.80. The van der Waals surface area contributed by atoms with Gasteiger partial charge in [-0.2, -0.15) is 0 Å². The first-order valence-corrected chi connectivity index (χ1v) is 8.24. The van der Waals surface area contributed by atoms with Crippen LogP contribution in [0.4, 0.5) is 0 Å². The summed E-state index contributed by atoms with van der Waals surface area (Å²) >= 11 is 0. The highest BCUT2D eigenvalue weighted by Gasteiger charge is 2.40. The Labute approximate surface area is 140 Å². The molecule has 0 saturated heterocycles. The van der Waals surface area contributed by atoms with E-state index in [1.807, 2.05) is 30.3 Å². The first kappa shape index (κ1) is 16.0. The third-order valence-corrected chi connectivity index (χ3v) is 4.25. The second-order valence-electron chi connectivity index (χ2n) is 8.30. The van der Waals surface area contributed by atoms with Gasteiger partial charge in [0.15, 0.2) is 0 Å². The zero-order valence-electron chi connectivity index (χ0n) is 14.9. The van der Waals surface area contributed by atoms with Gasteiger partial charge in [-0.15, -0.1) is 0 Å². The topological polar surface area (TPSA) is 18.5 Å². The maximum atomic E-state index is 6.26. The van der Waals surface area contributed by atoms with E-state index in [9.17, 15) is 0 Å². The molecule has 0 amide bonds. The smallest absolute Gasteiger partial charge is 0.519 e. The third kappa shape index (κ3) is 2.97. The maximum Gasteiger partial charge on any atom is 0.632 e. The van der Waals surface area contributed by atoms with E-state index in [-0.39, 0.29) is 17.9 Å². The predicted molar refractivity (Wildman–Crippen MR) is 96.9 cm³/mol. The minimum absolute atomic E-state index is 0.00936. The fraction of sp³-hybridized carbons (Fsp3) is 0.400. The quantitative estimate of drug-likeness (QED) is 0.725. The molecule has 1 aliphatic rings. The molecule has 0 bridgehead atoms. The highest BCUT2D eigenvalue weighted by atomic mass is 16.6. The van der Waals surface area contributed by atoms with Crippen molar-refractivity contribution in [3.63, 3.8) is 0 Å². The fourth-order valence-electron chi connectivity index (χ4n) is 2.96. The molecule has 0 unspecified atom stereocenters. The summed E-state index contributed by atoms with van der Waals surface area (Å²) in [7, 11) is -0.365. The summed E-state index contributed by atoms with van der Waals surface area (Å²) in [5.41, 5.74) is 3.45. The average Bonchev–Trinajstić information content (AvgIpc) is 2.89. The van der Waals surface area contributed by atoms with E-state index in [0.29, 0.717) is 0 Å². The van der Waals surface area contributed by atoms with Crippen LogP contribution in [0.1, 0.15) is 52.7 Å². The number of rotatable bonds is 1. The van der Waals surface area contributed by atoms with Crippen molar-refractivity contribution in [1.82, 2.24) is 0 Å². The lowest BCUT2D eigenvalue weighted by Gasteiger charge is -2.26. The second-order valence-corrected chi connectivity index (χ2v) is 8.30. The van der Waals surface area contributed by atoms with Gasteiger partial charge >= 0.3 is 7.12 Å². The van der Waals surface area contributed by atoms with Crippen molar-refractivity contribution in [1.29, 1.82) is 0 Å². The van der Waals surface area contributed by atoms with Crippen LogP contribution in [0.3, 0.4) is 0 Å². The highest BCUT2D eigenvalue weighted by molar-refractivity contribution is 6.63. The molecule has 2 aromatic carbocycles. The molecule has 0 spiro atoms. The monoisotopic (exact) mass is 308 g/mol.